The minimum Gasteiger partial charge on any atom is -0.315 e. The molecule has 0 amide bonds. The first-order chi connectivity index (χ1) is 5.48. The largest absolute Gasteiger partial charge is 0.315 e. The standard InChI is InChI=1S/C10H23NSi/c1-6-8-12(4,5)9-7-11-10(2)3/h6,8,10-11H,7,9H2,1-5H3. The van der Waals surface area contributed by atoms with E-state index in [1.165, 1.54) is 12.6 Å². The average molecular weight is 185 g/mol. The van der Waals surface area contributed by atoms with E-state index in [4.69, 9.17) is 0 Å². The molecule has 0 aromatic heterocycles. The van der Waals surface area contributed by atoms with Crippen LogP contribution in [0.15, 0.2) is 11.8 Å². The van der Waals surface area contributed by atoms with Crippen LogP contribution in [0.5, 0.6) is 0 Å². The van der Waals surface area contributed by atoms with Gasteiger partial charge in [-0.25, -0.2) is 0 Å². The third-order valence-electron chi connectivity index (χ3n) is 1.94. The third-order valence-corrected chi connectivity index (χ3v) is 4.71. The summed E-state index contributed by atoms with van der Waals surface area (Å²) < 4.78 is 0. The molecule has 12 heavy (non-hydrogen) atoms. The Balaban J connectivity index is 3.61. The van der Waals surface area contributed by atoms with E-state index in [2.05, 4.69) is 51.0 Å². The van der Waals surface area contributed by atoms with Crippen molar-refractivity contribution in [2.45, 2.75) is 46.0 Å². The van der Waals surface area contributed by atoms with Crippen molar-refractivity contribution < 1.29 is 0 Å². The van der Waals surface area contributed by atoms with Crippen LogP contribution >= 0.6 is 0 Å². The minimum atomic E-state index is -1.01. The zero-order valence-corrected chi connectivity index (χ0v) is 10.1. The molecule has 0 rings (SSSR count). The molecule has 0 saturated heterocycles. The first kappa shape index (κ1) is 11.9. The van der Waals surface area contributed by atoms with Crippen molar-refractivity contribution in [3.63, 3.8) is 0 Å². The van der Waals surface area contributed by atoms with Crippen LogP contribution in [0.4, 0.5) is 0 Å². The van der Waals surface area contributed by atoms with Crippen LogP contribution < -0.4 is 5.32 Å². The lowest BCUT2D eigenvalue weighted by atomic mass is 10.4. The van der Waals surface area contributed by atoms with Crippen molar-refractivity contribution in [2.24, 2.45) is 0 Å². The molecule has 0 heterocycles. The number of allylic oxidation sites excluding steroid dienone is 1. The zero-order chi connectivity index (χ0) is 9.61. The topological polar surface area (TPSA) is 12.0 Å². The lowest BCUT2D eigenvalue weighted by molar-refractivity contribution is 0.610. The molecule has 0 bridgehead atoms. The molecule has 0 aromatic carbocycles. The van der Waals surface area contributed by atoms with Gasteiger partial charge in [-0.1, -0.05) is 38.7 Å². The van der Waals surface area contributed by atoms with Crippen LogP contribution in [-0.4, -0.2) is 20.7 Å². The first-order valence-electron chi connectivity index (χ1n) is 4.85. The Bertz CT molecular complexity index is 139. The van der Waals surface area contributed by atoms with Crippen LogP contribution in [0.2, 0.25) is 19.1 Å². The molecule has 0 aromatic rings. The maximum Gasteiger partial charge on any atom is 0.0725 e. The van der Waals surface area contributed by atoms with Crippen molar-refractivity contribution in [3.05, 3.63) is 11.8 Å². The van der Waals surface area contributed by atoms with E-state index in [0.717, 1.165) is 0 Å². The summed E-state index contributed by atoms with van der Waals surface area (Å²) in [5.41, 5.74) is 2.41. The Morgan fingerprint density at radius 3 is 2.33 bits per heavy atom. The Labute approximate surface area is 78.3 Å². The van der Waals surface area contributed by atoms with Crippen molar-refractivity contribution in [1.82, 2.24) is 5.32 Å². The maximum absolute atomic E-state index is 3.46. The van der Waals surface area contributed by atoms with Crippen LogP contribution in [0.25, 0.3) is 0 Å². The highest BCUT2D eigenvalue weighted by atomic mass is 28.3. The molecule has 0 unspecified atom stereocenters. The molecule has 0 spiro atoms. The Kier molecular flexibility index (Phi) is 5.50. The summed E-state index contributed by atoms with van der Waals surface area (Å²) in [4.78, 5) is 0. The molecular weight excluding hydrogens is 162 g/mol. The molecule has 0 atom stereocenters. The van der Waals surface area contributed by atoms with Gasteiger partial charge in [-0.15, -0.1) is 0 Å². The Hall–Kier alpha value is -0.0831. The minimum absolute atomic E-state index is 0.625. The predicted octanol–water partition coefficient (Wildman–Crippen LogP) is 2.81. The molecule has 0 saturated carbocycles. The van der Waals surface area contributed by atoms with Gasteiger partial charge in [0.2, 0.25) is 0 Å². The van der Waals surface area contributed by atoms with Gasteiger partial charge in [0.25, 0.3) is 0 Å². The van der Waals surface area contributed by atoms with Gasteiger partial charge in [-0.3, -0.25) is 0 Å². The van der Waals surface area contributed by atoms with Crippen LogP contribution in [0, 0.1) is 0 Å². The van der Waals surface area contributed by atoms with Gasteiger partial charge < -0.3 is 5.32 Å². The molecule has 1 nitrogen and oxygen atoms in total. The summed E-state index contributed by atoms with van der Waals surface area (Å²) in [5, 5.41) is 3.46. The second kappa shape index (κ2) is 5.54. The quantitative estimate of drug-likeness (QED) is 0.650. The van der Waals surface area contributed by atoms with E-state index in [0.29, 0.717) is 6.04 Å². The Morgan fingerprint density at radius 2 is 1.92 bits per heavy atom. The lowest BCUT2D eigenvalue weighted by Crippen LogP contribution is -2.31. The smallest absolute Gasteiger partial charge is 0.0725 e. The molecular formula is C10H23NSi. The fourth-order valence-corrected chi connectivity index (χ4v) is 3.08. The van der Waals surface area contributed by atoms with E-state index in [1.807, 2.05) is 0 Å². The van der Waals surface area contributed by atoms with E-state index in [-0.39, 0.29) is 0 Å². The van der Waals surface area contributed by atoms with Gasteiger partial charge in [-0.2, -0.15) is 0 Å². The highest BCUT2D eigenvalue weighted by Gasteiger charge is 2.15. The molecule has 1 N–H and O–H groups in total. The van der Waals surface area contributed by atoms with Gasteiger partial charge >= 0.3 is 0 Å². The zero-order valence-electron chi connectivity index (χ0n) is 9.15. The monoisotopic (exact) mass is 185 g/mol. The van der Waals surface area contributed by atoms with Gasteiger partial charge in [0.15, 0.2) is 0 Å². The van der Waals surface area contributed by atoms with Gasteiger partial charge in [-0.05, 0) is 19.5 Å². The predicted molar refractivity (Wildman–Crippen MR) is 60.2 cm³/mol. The van der Waals surface area contributed by atoms with Crippen molar-refractivity contribution in [3.8, 4) is 0 Å². The van der Waals surface area contributed by atoms with Crippen molar-refractivity contribution >= 4 is 8.07 Å². The molecule has 0 aliphatic heterocycles. The molecule has 2 heteroatoms. The highest BCUT2D eigenvalue weighted by molar-refractivity contribution is 6.82. The summed E-state index contributed by atoms with van der Waals surface area (Å²) in [6, 6.07) is 1.97. The van der Waals surface area contributed by atoms with Crippen molar-refractivity contribution in [2.75, 3.05) is 6.54 Å². The van der Waals surface area contributed by atoms with E-state index >= 15 is 0 Å². The number of rotatable bonds is 5. The molecule has 72 valence electrons. The molecule has 0 aliphatic carbocycles. The van der Waals surface area contributed by atoms with E-state index in [1.54, 1.807) is 0 Å². The van der Waals surface area contributed by atoms with Crippen LogP contribution in [0.1, 0.15) is 20.8 Å². The normalized spacial score (nSPS) is 13.2. The van der Waals surface area contributed by atoms with Gasteiger partial charge in [0.05, 0.1) is 8.07 Å². The second-order valence-corrected chi connectivity index (χ2v) is 9.16. The average Bonchev–Trinajstić information content (AvgIpc) is 1.85. The Morgan fingerprint density at radius 1 is 1.33 bits per heavy atom. The highest BCUT2D eigenvalue weighted by Crippen LogP contribution is 2.09. The summed E-state index contributed by atoms with van der Waals surface area (Å²) in [6.45, 7) is 12.5. The summed E-state index contributed by atoms with van der Waals surface area (Å²) in [5.74, 6) is 0. The summed E-state index contributed by atoms with van der Waals surface area (Å²) in [6.07, 6.45) is 2.20. The first-order valence-corrected chi connectivity index (χ1v) is 8.13. The number of nitrogens with one attached hydrogen (secondary N) is 1. The van der Waals surface area contributed by atoms with Crippen molar-refractivity contribution in [1.29, 1.82) is 0 Å². The van der Waals surface area contributed by atoms with Crippen LogP contribution in [-0.2, 0) is 0 Å². The summed E-state index contributed by atoms with van der Waals surface area (Å²) in [7, 11) is -1.01. The second-order valence-electron chi connectivity index (χ2n) is 4.35. The number of hydrogen-bond acceptors (Lipinski definition) is 1. The fourth-order valence-electron chi connectivity index (χ4n) is 1.22. The fraction of sp³-hybridized carbons (Fsp3) is 0.800. The van der Waals surface area contributed by atoms with Gasteiger partial charge in [0.1, 0.15) is 0 Å². The molecule has 0 radical (unpaired) electrons. The number of hydrogen-bond donors (Lipinski definition) is 1. The lowest BCUT2D eigenvalue weighted by Gasteiger charge is -2.18. The van der Waals surface area contributed by atoms with Crippen LogP contribution in [0.3, 0.4) is 0 Å². The molecule has 0 aliphatic rings. The third kappa shape index (κ3) is 6.62. The van der Waals surface area contributed by atoms with E-state index in [9.17, 15) is 0 Å². The molecule has 0 fully saturated rings. The van der Waals surface area contributed by atoms with Gasteiger partial charge in [0, 0.05) is 6.04 Å². The van der Waals surface area contributed by atoms with E-state index < -0.39 is 8.07 Å². The maximum atomic E-state index is 3.46. The SMILES string of the molecule is CC=C[Si](C)(C)CCNC(C)C. The summed E-state index contributed by atoms with van der Waals surface area (Å²) >= 11 is 0.